The van der Waals surface area contributed by atoms with Gasteiger partial charge >= 0.3 is 5.97 Å². The normalized spacial score (nSPS) is 10.3. The minimum atomic E-state index is -0.306. The molecule has 0 amide bonds. The highest BCUT2D eigenvalue weighted by Gasteiger charge is 2.11. The number of esters is 1. The first-order valence-corrected chi connectivity index (χ1v) is 6.38. The minimum absolute atomic E-state index is 0.0675. The van der Waals surface area contributed by atoms with E-state index in [9.17, 15) is 9.59 Å². The van der Waals surface area contributed by atoms with Crippen molar-refractivity contribution in [3.05, 3.63) is 18.0 Å². The third-order valence-corrected chi connectivity index (χ3v) is 2.60. The summed E-state index contributed by atoms with van der Waals surface area (Å²) in [6.45, 7) is 5.15. The Labute approximate surface area is 107 Å². The lowest BCUT2D eigenvalue weighted by atomic mass is 10.1. The summed E-state index contributed by atoms with van der Waals surface area (Å²) in [6, 6.07) is 0. The van der Waals surface area contributed by atoms with Crippen molar-refractivity contribution < 1.29 is 14.3 Å². The van der Waals surface area contributed by atoms with E-state index in [1.165, 1.54) is 6.20 Å². The third kappa shape index (κ3) is 4.69. The van der Waals surface area contributed by atoms with E-state index in [0.29, 0.717) is 12.2 Å². The van der Waals surface area contributed by atoms with Gasteiger partial charge in [-0.25, -0.2) is 0 Å². The summed E-state index contributed by atoms with van der Waals surface area (Å²) in [6.07, 6.45) is 5.41. The van der Waals surface area contributed by atoms with E-state index in [2.05, 4.69) is 5.10 Å². The van der Waals surface area contributed by atoms with Crippen LogP contribution in [0.1, 0.15) is 49.9 Å². The van der Waals surface area contributed by atoms with Gasteiger partial charge in [-0.2, -0.15) is 5.10 Å². The van der Waals surface area contributed by atoms with E-state index in [1.807, 2.05) is 13.8 Å². The van der Waals surface area contributed by atoms with Gasteiger partial charge in [-0.1, -0.05) is 13.3 Å². The molecule has 0 aromatic carbocycles. The zero-order chi connectivity index (χ0) is 13.4. The molecule has 0 saturated heterocycles. The zero-order valence-electron chi connectivity index (χ0n) is 11.0. The highest BCUT2D eigenvalue weighted by molar-refractivity contribution is 5.97. The Morgan fingerprint density at radius 1 is 1.33 bits per heavy atom. The van der Waals surface area contributed by atoms with Gasteiger partial charge in [-0.05, 0) is 13.3 Å². The largest absolute Gasteiger partial charge is 0.466 e. The van der Waals surface area contributed by atoms with Crippen LogP contribution in [0.3, 0.4) is 0 Å². The molecule has 1 heterocycles. The molecule has 0 aliphatic carbocycles. The number of hydrogen-bond acceptors (Lipinski definition) is 4. The molecule has 5 nitrogen and oxygen atoms in total. The van der Waals surface area contributed by atoms with Gasteiger partial charge in [-0.15, -0.1) is 0 Å². The van der Waals surface area contributed by atoms with Gasteiger partial charge in [0.05, 0.1) is 24.8 Å². The van der Waals surface area contributed by atoms with Gasteiger partial charge in [0.25, 0.3) is 0 Å². The molecular formula is C13H20N2O3. The molecule has 0 N–H and O–H groups in total. The molecule has 0 atom stereocenters. The van der Waals surface area contributed by atoms with E-state index in [1.54, 1.807) is 10.9 Å². The standard InChI is InChI=1S/C13H20N2O3/c1-3-5-8-18-13(17)7-6-12(16)11-9-14-15(4-2)10-11/h9-10H,3-8H2,1-2H3. The Morgan fingerprint density at radius 3 is 2.72 bits per heavy atom. The second kappa shape index (κ2) is 7.63. The van der Waals surface area contributed by atoms with E-state index >= 15 is 0 Å². The summed E-state index contributed by atoms with van der Waals surface area (Å²) < 4.78 is 6.67. The number of aromatic nitrogens is 2. The number of ether oxygens (including phenoxy) is 1. The average Bonchev–Trinajstić information content (AvgIpc) is 2.85. The zero-order valence-corrected chi connectivity index (χ0v) is 11.0. The Morgan fingerprint density at radius 2 is 2.11 bits per heavy atom. The molecule has 0 fully saturated rings. The Bertz CT molecular complexity index is 399. The highest BCUT2D eigenvalue weighted by atomic mass is 16.5. The Balaban J connectivity index is 2.30. The van der Waals surface area contributed by atoms with Crippen molar-refractivity contribution in [2.75, 3.05) is 6.61 Å². The maximum atomic E-state index is 11.7. The summed E-state index contributed by atoms with van der Waals surface area (Å²) in [5.74, 6) is -0.373. The second-order valence-electron chi connectivity index (χ2n) is 4.08. The summed E-state index contributed by atoms with van der Waals surface area (Å²) in [5, 5.41) is 4.02. The molecule has 0 bridgehead atoms. The molecule has 100 valence electrons. The number of carbonyl (C=O) groups excluding carboxylic acids is 2. The molecule has 1 aromatic heterocycles. The van der Waals surface area contributed by atoms with Crippen molar-refractivity contribution in [2.45, 2.75) is 46.1 Å². The predicted octanol–water partition coefficient (Wildman–Crippen LogP) is 2.21. The van der Waals surface area contributed by atoms with Gasteiger partial charge in [0.1, 0.15) is 0 Å². The van der Waals surface area contributed by atoms with Crippen molar-refractivity contribution in [3.63, 3.8) is 0 Å². The van der Waals surface area contributed by atoms with E-state index < -0.39 is 0 Å². The van der Waals surface area contributed by atoms with Crippen molar-refractivity contribution in [2.24, 2.45) is 0 Å². The number of unbranched alkanes of at least 4 members (excludes halogenated alkanes) is 1. The van der Waals surface area contributed by atoms with E-state index in [4.69, 9.17) is 4.74 Å². The lowest BCUT2D eigenvalue weighted by Gasteiger charge is -2.02. The Hall–Kier alpha value is -1.65. The number of nitrogens with zero attached hydrogens (tertiary/aromatic N) is 2. The van der Waals surface area contributed by atoms with Crippen LogP contribution >= 0.6 is 0 Å². The van der Waals surface area contributed by atoms with Gasteiger partial charge < -0.3 is 4.74 Å². The molecule has 1 aromatic rings. The molecule has 0 saturated carbocycles. The number of carbonyl (C=O) groups is 2. The monoisotopic (exact) mass is 252 g/mol. The van der Waals surface area contributed by atoms with Gasteiger partial charge in [0, 0.05) is 19.2 Å². The van der Waals surface area contributed by atoms with Crippen molar-refractivity contribution in [3.8, 4) is 0 Å². The van der Waals surface area contributed by atoms with Crippen molar-refractivity contribution >= 4 is 11.8 Å². The first-order chi connectivity index (χ1) is 8.67. The van der Waals surface area contributed by atoms with Gasteiger partial charge in [-0.3, -0.25) is 14.3 Å². The van der Waals surface area contributed by atoms with Crippen molar-refractivity contribution in [1.29, 1.82) is 0 Å². The van der Waals surface area contributed by atoms with Crippen LogP contribution in [0, 0.1) is 0 Å². The lowest BCUT2D eigenvalue weighted by molar-refractivity contribution is -0.143. The molecule has 18 heavy (non-hydrogen) atoms. The number of rotatable bonds is 8. The fourth-order valence-electron chi connectivity index (χ4n) is 1.44. The lowest BCUT2D eigenvalue weighted by Crippen LogP contribution is -2.08. The number of aryl methyl sites for hydroxylation is 1. The summed E-state index contributed by atoms with van der Waals surface area (Å²) in [4.78, 5) is 23.1. The number of Topliss-reactive ketones (excluding diaryl/α,β-unsaturated/α-hetero) is 1. The fraction of sp³-hybridized carbons (Fsp3) is 0.615. The van der Waals surface area contributed by atoms with Crippen LogP contribution in [0.15, 0.2) is 12.4 Å². The molecule has 5 heteroatoms. The van der Waals surface area contributed by atoms with Crippen LogP contribution in [0.5, 0.6) is 0 Å². The first-order valence-electron chi connectivity index (χ1n) is 6.38. The smallest absolute Gasteiger partial charge is 0.306 e. The third-order valence-electron chi connectivity index (χ3n) is 2.60. The molecule has 0 aliphatic rings. The average molecular weight is 252 g/mol. The van der Waals surface area contributed by atoms with Crippen LogP contribution in [0.2, 0.25) is 0 Å². The highest BCUT2D eigenvalue weighted by Crippen LogP contribution is 2.05. The predicted molar refractivity (Wildman–Crippen MR) is 67.3 cm³/mol. The summed E-state index contributed by atoms with van der Waals surface area (Å²) >= 11 is 0. The van der Waals surface area contributed by atoms with Gasteiger partial charge in [0.15, 0.2) is 5.78 Å². The quantitative estimate of drug-likeness (QED) is 0.404. The molecule has 0 aliphatic heterocycles. The summed E-state index contributed by atoms with van der Waals surface area (Å²) in [7, 11) is 0. The molecular weight excluding hydrogens is 232 g/mol. The molecule has 0 radical (unpaired) electrons. The maximum Gasteiger partial charge on any atom is 0.306 e. The molecule has 0 unspecified atom stereocenters. The SMILES string of the molecule is CCCCOC(=O)CCC(=O)c1cnn(CC)c1. The van der Waals surface area contributed by atoms with Crippen LogP contribution in [-0.4, -0.2) is 28.1 Å². The minimum Gasteiger partial charge on any atom is -0.466 e. The first kappa shape index (κ1) is 14.4. The van der Waals surface area contributed by atoms with Gasteiger partial charge in [0.2, 0.25) is 0 Å². The number of ketones is 1. The fourth-order valence-corrected chi connectivity index (χ4v) is 1.44. The maximum absolute atomic E-state index is 11.7. The van der Waals surface area contributed by atoms with E-state index in [-0.39, 0.29) is 24.6 Å². The number of hydrogen-bond donors (Lipinski definition) is 0. The Kier molecular flexibility index (Phi) is 6.11. The molecule has 1 rings (SSSR count). The van der Waals surface area contributed by atoms with Crippen molar-refractivity contribution in [1.82, 2.24) is 9.78 Å². The molecule has 0 spiro atoms. The topological polar surface area (TPSA) is 61.2 Å². The van der Waals surface area contributed by atoms with Crippen LogP contribution in [0.4, 0.5) is 0 Å². The second-order valence-corrected chi connectivity index (χ2v) is 4.08. The summed E-state index contributed by atoms with van der Waals surface area (Å²) in [5.41, 5.74) is 0.554. The van der Waals surface area contributed by atoms with Crippen LogP contribution in [-0.2, 0) is 16.1 Å². The van der Waals surface area contributed by atoms with E-state index in [0.717, 1.165) is 19.4 Å². The van der Waals surface area contributed by atoms with Crippen LogP contribution < -0.4 is 0 Å². The van der Waals surface area contributed by atoms with Crippen LogP contribution in [0.25, 0.3) is 0 Å².